The van der Waals surface area contributed by atoms with Crippen molar-refractivity contribution in [1.82, 2.24) is 9.97 Å². The van der Waals surface area contributed by atoms with Crippen LogP contribution in [0.2, 0.25) is 0 Å². The van der Waals surface area contributed by atoms with Gasteiger partial charge in [0, 0.05) is 11.8 Å². The number of nitrogens with zero attached hydrogens (tertiary/aromatic N) is 2. The fraction of sp³-hybridized carbons (Fsp3) is 0.154. The van der Waals surface area contributed by atoms with Gasteiger partial charge >= 0.3 is 5.97 Å². The number of hydrogen-bond donors (Lipinski definition) is 1. The lowest BCUT2D eigenvalue weighted by Gasteiger charge is -2.04. The predicted molar refractivity (Wildman–Crippen MR) is 63.8 cm³/mol. The number of rotatable bonds is 3. The highest BCUT2D eigenvalue weighted by Crippen LogP contribution is 2.20. The zero-order chi connectivity index (χ0) is 13.1. The largest absolute Gasteiger partial charge is 0.478 e. The number of hydrogen-bond acceptors (Lipinski definition) is 3. The Hall–Kier alpha value is -2.30. The molecule has 0 atom stereocenters. The first-order valence-electron chi connectivity index (χ1n) is 5.46. The summed E-state index contributed by atoms with van der Waals surface area (Å²) in [5.41, 5.74) is 1.50. The second kappa shape index (κ2) is 4.91. The molecule has 18 heavy (non-hydrogen) atoms. The average Bonchev–Trinajstić information content (AvgIpc) is 2.38. The summed E-state index contributed by atoms with van der Waals surface area (Å²) in [5, 5.41) is 8.74. The Morgan fingerprint density at radius 1 is 1.39 bits per heavy atom. The number of carboxylic acids is 1. The summed E-state index contributed by atoms with van der Waals surface area (Å²) >= 11 is 0. The normalized spacial score (nSPS) is 10.3. The maximum absolute atomic E-state index is 13.5. The van der Waals surface area contributed by atoms with Crippen LogP contribution in [0.15, 0.2) is 30.6 Å². The van der Waals surface area contributed by atoms with Gasteiger partial charge in [-0.2, -0.15) is 0 Å². The molecule has 92 valence electrons. The number of halogens is 1. The minimum atomic E-state index is -1.28. The standard InChI is InChI=1S/C13H11FN2O2/c1-2-9-6-15-7-12(16-9)8-3-4-10(13(17)18)11(14)5-8/h3-7H,2H2,1H3,(H,17,18). The third kappa shape index (κ3) is 2.34. The van der Waals surface area contributed by atoms with Gasteiger partial charge in [-0.1, -0.05) is 13.0 Å². The van der Waals surface area contributed by atoms with Gasteiger partial charge in [-0.05, 0) is 18.6 Å². The molecule has 0 aliphatic heterocycles. The number of carbonyl (C=O) groups is 1. The topological polar surface area (TPSA) is 63.1 Å². The SMILES string of the molecule is CCc1cncc(-c2ccc(C(=O)O)c(F)c2)n1. The minimum Gasteiger partial charge on any atom is -0.478 e. The van der Waals surface area contributed by atoms with Crippen LogP contribution in [0.3, 0.4) is 0 Å². The van der Waals surface area contributed by atoms with E-state index >= 15 is 0 Å². The van der Waals surface area contributed by atoms with Crippen LogP contribution in [0.5, 0.6) is 0 Å². The summed E-state index contributed by atoms with van der Waals surface area (Å²) < 4.78 is 13.5. The first-order valence-corrected chi connectivity index (χ1v) is 5.46. The van der Waals surface area contributed by atoms with Crippen LogP contribution in [0, 0.1) is 5.82 Å². The monoisotopic (exact) mass is 246 g/mol. The highest BCUT2D eigenvalue weighted by atomic mass is 19.1. The highest BCUT2D eigenvalue weighted by molar-refractivity contribution is 5.88. The van der Waals surface area contributed by atoms with E-state index in [9.17, 15) is 9.18 Å². The third-order valence-electron chi connectivity index (χ3n) is 2.54. The van der Waals surface area contributed by atoms with Crippen molar-refractivity contribution >= 4 is 5.97 Å². The van der Waals surface area contributed by atoms with Crippen LogP contribution in [-0.4, -0.2) is 21.0 Å². The van der Waals surface area contributed by atoms with Crippen molar-refractivity contribution in [2.45, 2.75) is 13.3 Å². The molecule has 1 aromatic heterocycles. The van der Waals surface area contributed by atoms with Crippen LogP contribution in [0.4, 0.5) is 4.39 Å². The molecule has 0 bridgehead atoms. The van der Waals surface area contributed by atoms with Crippen molar-refractivity contribution in [2.75, 3.05) is 0 Å². The quantitative estimate of drug-likeness (QED) is 0.903. The van der Waals surface area contributed by atoms with E-state index in [-0.39, 0.29) is 5.56 Å². The third-order valence-corrected chi connectivity index (χ3v) is 2.54. The predicted octanol–water partition coefficient (Wildman–Crippen LogP) is 2.54. The van der Waals surface area contributed by atoms with Crippen LogP contribution in [0.1, 0.15) is 23.0 Å². The minimum absolute atomic E-state index is 0.349. The summed E-state index contributed by atoms with van der Waals surface area (Å²) in [6, 6.07) is 3.91. The van der Waals surface area contributed by atoms with Gasteiger partial charge in [0.25, 0.3) is 0 Å². The second-order valence-corrected chi connectivity index (χ2v) is 3.75. The molecule has 0 radical (unpaired) electrons. The van der Waals surface area contributed by atoms with Gasteiger partial charge < -0.3 is 5.11 Å². The molecule has 0 aliphatic carbocycles. The zero-order valence-corrected chi connectivity index (χ0v) is 9.72. The van der Waals surface area contributed by atoms with Crippen LogP contribution >= 0.6 is 0 Å². The molecule has 4 nitrogen and oxygen atoms in total. The average molecular weight is 246 g/mol. The number of aryl methyl sites for hydroxylation is 1. The lowest BCUT2D eigenvalue weighted by molar-refractivity contribution is 0.0692. The van der Waals surface area contributed by atoms with E-state index in [0.717, 1.165) is 18.2 Å². The molecule has 5 heteroatoms. The number of aromatic nitrogens is 2. The molecule has 0 fully saturated rings. The maximum atomic E-state index is 13.5. The van der Waals surface area contributed by atoms with Crippen LogP contribution in [0.25, 0.3) is 11.3 Å². The number of carboxylic acid groups (broad SMARTS) is 1. The Labute approximate surface area is 103 Å². The van der Waals surface area contributed by atoms with Gasteiger partial charge in [-0.15, -0.1) is 0 Å². The van der Waals surface area contributed by atoms with Gasteiger partial charge in [-0.3, -0.25) is 4.98 Å². The summed E-state index contributed by atoms with van der Waals surface area (Å²) in [5.74, 6) is -2.06. The van der Waals surface area contributed by atoms with Crippen LogP contribution < -0.4 is 0 Å². The zero-order valence-electron chi connectivity index (χ0n) is 9.72. The smallest absolute Gasteiger partial charge is 0.338 e. The molecule has 0 saturated carbocycles. The van der Waals surface area contributed by atoms with E-state index in [1.807, 2.05) is 6.92 Å². The van der Waals surface area contributed by atoms with Gasteiger partial charge in [-0.25, -0.2) is 14.2 Å². The molecular formula is C13H11FN2O2. The fourth-order valence-corrected chi connectivity index (χ4v) is 1.56. The molecule has 2 rings (SSSR count). The molecule has 1 heterocycles. The molecule has 2 aromatic rings. The van der Waals surface area contributed by atoms with Crippen molar-refractivity contribution in [1.29, 1.82) is 0 Å². The van der Waals surface area contributed by atoms with Crippen molar-refractivity contribution < 1.29 is 14.3 Å². The van der Waals surface area contributed by atoms with E-state index < -0.39 is 11.8 Å². The van der Waals surface area contributed by atoms with Crippen LogP contribution in [-0.2, 0) is 6.42 Å². The number of benzene rings is 1. The van der Waals surface area contributed by atoms with Gasteiger partial charge in [0.05, 0.1) is 23.1 Å². The van der Waals surface area contributed by atoms with E-state index in [2.05, 4.69) is 9.97 Å². The van der Waals surface area contributed by atoms with E-state index in [4.69, 9.17) is 5.11 Å². The molecule has 0 unspecified atom stereocenters. The Bertz CT molecular complexity index is 599. The van der Waals surface area contributed by atoms with Gasteiger partial charge in [0.15, 0.2) is 0 Å². The second-order valence-electron chi connectivity index (χ2n) is 3.75. The summed E-state index contributed by atoms with van der Waals surface area (Å²) in [7, 11) is 0. The van der Waals surface area contributed by atoms with Crippen molar-refractivity contribution in [2.24, 2.45) is 0 Å². The Morgan fingerprint density at radius 2 is 2.17 bits per heavy atom. The summed E-state index contributed by atoms with van der Waals surface area (Å²) in [6.45, 7) is 1.95. The van der Waals surface area contributed by atoms with Gasteiger partial charge in [0.1, 0.15) is 5.82 Å². The first kappa shape index (κ1) is 12.2. The maximum Gasteiger partial charge on any atom is 0.338 e. The molecule has 0 amide bonds. The van der Waals surface area contributed by atoms with Gasteiger partial charge in [0.2, 0.25) is 0 Å². The lowest BCUT2D eigenvalue weighted by Crippen LogP contribution is -2.01. The number of aromatic carboxylic acids is 1. The highest BCUT2D eigenvalue weighted by Gasteiger charge is 2.11. The Morgan fingerprint density at radius 3 is 2.78 bits per heavy atom. The molecule has 0 saturated heterocycles. The lowest BCUT2D eigenvalue weighted by atomic mass is 10.1. The Balaban J connectivity index is 2.45. The fourth-order valence-electron chi connectivity index (χ4n) is 1.56. The molecule has 0 spiro atoms. The van der Waals surface area contributed by atoms with E-state index in [1.165, 1.54) is 18.3 Å². The van der Waals surface area contributed by atoms with Crippen molar-refractivity contribution in [3.63, 3.8) is 0 Å². The summed E-state index contributed by atoms with van der Waals surface area (Å²) in [6.07, 6.45) is 3.90. The van der Waals surface area contributed by atoms with Crippen molar-refractivity contribution in [3.8, 4) is 11.3 Å². The molecule has 0 aliphatic rings. The van der Waals surface area contributed by atoms with E-state index in [1.54, 1.807) is 6.20 Å². The molecule has 1 aromatic carbocycles. The Kier molecular flexibility index (Phi) is 3.32. The summed E-state index contributed by atoms with van der Waals surface area (Å²) in [4.78, 5) is 19.0. The van der Waals surface area contributed by atoms with Crippen molar-refractivity contribution in [3.05, 3.63) is 47.7 Å². The molecular weight excluding hydrogens is 235 g/mol. The first-order chi connectivity index (χ1) is 8.61. The van der Waals surface area contributed by atoms with E-state index in [0.29, 0.717) is 11.3 Å². The molecule has 1 N–H and O–H groups in total.